The Balaban J connectivity index is 1.74. The lowest BCUT2D eigenvalue weighted by atomic mass is 9.98. The van der Waals surface area contributed by atoms with Crippen LogP contribution in [-0.4, -0.2) is 12.7 Å². The summed E-state index contributed by atoms with van der Waals surface area (Å²) in [7, 11) is 0. The van der Waals surface area contributed by atoms with E-state index in [9.17, 15) is 0 Å². The first-order valence-electron chi connectivity index (χ1n) is 5.09. The summed E-state index contributed by atoms with van der Waals surface area (Å²) in [5.41, 5.74) is 0.909. The number of nitrogens with zero attached hydrogens (tertiary/aromatic N) is 1. The first kappa shape index (κ1) is 8.77. The van der Waals surface area contributed by atoms with Gasteiger partial charge in [0.05, 0.1) is 12.2 Å². The van der Waals surface area contributed by atoms with E-state index in [0.717, 1.165) is 37.4 Å². The maximum atomic E-state index is 8.72. The molecule has 2 heteroatoms. The van der Waals surface area contributed by atoms with Gasteiger partial charge in [0.1, 0.15) is 0 Å². The minimum absolute atomic E-state index is 0.320. The number of hydrogen-bond acceptors (Lipinski definition) is 2. The molecule has 0 bridgehead atoms. The van der Waals surface area contributed by atoms with Crippen molar-refractivity contribution in [2.45, 2.75) is 38.2 Å². The second-order valence-corrected chi connectivity index (χ2v) is 4.02. The van der Waals surface area contributed by atoms with E-state index in [4.69, 9.17) is 10.00 Å². The molecule has 0 heterocycles. The van der Waals surface area contributed by atoms with Gasteiger partial charge in [-0.15, -0.1) is 0 Å². The lowest BCUT2D eigenvalue weighted by Crippen LogP contribution is -2.17. The van der Waals surface area contributed by atoms with E-state index in [1.807, 2.05) is 6.08 Å². The van der Waals surface area contributed by atoms with E-state index in [1.165, 1.54) is 12.8 Å². The molecule has 0 unspecified atom stereocenters. The van der Waals surface area contributed by atoms with Gasteiger partial charge in [-0.2, -0.15) is 5.26 Å². The molecular weight excluding hydrogens is 162 g/mol. The Kier molecular flexibility index (Phi) is 2.65. The third-order valence-electron chi connectivity index (χ3n) is 2.74. The molecule has 2 aliphatic carbocycles. The van der Waals surface area contributed by atoms with E-state index in [0.29, 0.717) is 6.10 Å². The van der Waals surface area contributed by atoms with Gasteiger partial charge in [0.25, 0.3) is 0 Å². The van der Waals surface area contributed by atoms with Crippen LogP contribution in [0.25, 0.3) is 0 Å². The zero-order chi connectivity index (χ0) is 9.10. The maximum absolute atomic E-state index is 8.72. The van der Waals surface area contributed by atoms with E-state index in [1.54, 1.807) is 0 Å². The van der Waals surface area contributed by atoms with Crippen LogP contribution in [0.4, 0.5) is 0 Å². The van der Waals surface area contributed by atoms with Crippen molar-refractivity contribution in [1.29, 1.82) is 5.26 Å². The van der Waals surface area contributed by atoms with Crippen LogP contribution in [0.5, 0.6) is 0 Å². The Hall–Kier alpha value is -0.810. The minimum atomic E-state index is 0.320. The third-order valence-corrected chi connectivity index (χ3v) is 2.74. The van der Waals surface area contributed by atoms with Gasteiger partial charge in [-0.05, 0) is 31.6 Å². The molecule has 2 rings (SSSR count). The molecule has 1 fully saturated rings. The molecule has 0 aliphatic heterocycles. The Bertz CT molecular complexity index is 247. The van der Waals surface area contributed by atoms with Gasteiger partial charge in [-0.25, -0.2) is 0 Å². The summed E-state index contributed by atoms with van der Waals surface area (Å²) in [6.07, 6.45) is 7.98. The number of nitriles is 1. The summed E-state index contributed by atoms with van der Waals surface area (Å²) in [5.74, 6) is 0.830. The number of hydrogen-bond donors (Lipinski definition) is 0. The lowest BCUT2D eigenvalue weighted by Gasteiger charge is -2.20. The number of ether oxygens (including phenoxy) is 1. The average Bonchev–Trinajstić information content (AvgIpc) is 2.99. The molecule has 0 saturated heterocycles. The molecule has 70 valence electrons. The fraction of sp³-hybridized carbons (Fsp3) is 0.727. The Morgan fingerprint density at radius 3 is 3.00 bits per heavy atom. The SMILES string of the molecule is N#CC1=CCC[C@@H](OCC2CC2)C1. The fourth-order valence-electron chi connectivity index (χ4n) is 1.66. The van der Waals surface area contributed by atoms with Crippen LogP contribution in [0.1, 0.15) is 32.1 Å². The van der Waals surface area contributed by atoms with Gasteiger partial charge in [-0.1, -0.05) is 6.08 Å². The summed E-state index contributed by atoms with van der Waals surface area (Å²) >= 11 is 0. The van der Waals surface area contributed by atoms with Crippen LogP contribution in [0.3, 0.4) is 0 Å². The normalized spacial score (nSPS) is 27.9. The first-order chi connectivity index (χ1) is 6.38. The van der Waals surface area contributed by atoms with Crippen molar-refractivity contribution in [3.8, 4) is 6.07 Å². The molecule has 0 N–H and O–H groups in total. The summed E-state index contributed by atoms with van der Waals surface area (Å²) in [6, 6.07) is 2.22. The van der Waals surface area contributed by atoms with Crippen molar-refractivity contribution in [3.05, 3.63) is 11.6 Å². The van der Waals surface area contributed by atoms with Crippen molar-refractivity contribution >= 4 is 0 Å². The highest BCUT2D eigenvalue weighted by molar-refractivity contribution is 5.23. The summed E-state index contributed by atoms with van der Waals surface area (Å²) in [4.78, 5) is 0. The summed E-state index contributed by atoms with van der Waals surface area (Å²) < 4.78 is 5.75. The van der Waals surface area contributed by atoms with Crippen LogP contribution in [0.2, 0.25) is 0 Å². The van der Waals surface area contributed by atoms with Gasteiger partial charge >= 0.3 is 0 Å². The molecule has 1 atom stereocenters. The highest BCUT2D eigenvalue weighted by Gasteiger charge is 2.24. The molecule has 2 nitrogen and oxygen atoms in total. The van der Waals surface area contributed by atoms with E-state index in [-0.39, 0.29) is 0 Å². The molecule has 1 saturated carbocycles. The molecule has 0 amide bonds. The van der Waals surface area contributed by atoms with Crippen LogP contribution >= 0.6 is 0 Å². The van der Waals surface area contributed by atoms with Gasteiger partial charge < -0.3 is 4.74 Å². The Morgan fingerprint density at radius 2 is 2.31 bits per heavy atom. The molecule has 0 aromatic heterocycles. The third kappa shape index (κ3) is 2.57. The molecule has 0 radical (unpaired) electrons. The predicted octanol–water partition coefficient (Wildman–Crippen LogP) is 2.42. The molecular formula is C11H15NO. The predicted molar refractivity (Wildman–Crippen MR) is 50.0 cm³/mol. The lowest BCUT2D eigenvalue weighted by molar-refractivity contribution is 0.0392. The summed E-state index contributed by atoms with van der Waals surface area (Å²) in [5, 5.41) is 8.72. The molecule has 0 aromatic rings. The van der Waals surface area contributed by atoms with Crippen molar-refractivity contribution in [2.24, 2.45) is 5.92 Å². The van der Waals surface area contributed by atoms with E-state index < -0.39 is 0 Å². The zero-order valence-electron chi connectivity index (χ0n) is 7.83. The Labute approximate surface area is 79.2 Å². The van der Waals surface area contributed by atoms with Crippen LogP contribution in [0.15, 0.2) is 11.6 Å². The van der Waals surface area contributed by atoms with Crippen molar-refractivity contribution < 1.29 is 4.74 Å². The van der Waals surface area contributed by atoms with Gasteiger partial charge in [0, 0.05) is 18.6 Å². The number of rotatable bonds is 3. The smallest absolute Gasteiger partial charge is 0.0944 e. The van der Waals surface area contributed by atoms with Gasteiger partial charge in [0.2, 0.25) is 0 Å². The molecule has 13 heavy (non-hydrogen) atoms. The van der Waals surface area contributed by atoms with E-state index in [2.05, 4.69) is 6.07 Å². The second-order valence-electron chi connectivity index (χ2n) is 4.02. The standard InChI is InChI=1S/C11H15NO/c12-7-10-2-1-3-11(6-10)13-8-9-4-5-9/h2,9,11H,1,3-6,8H2/t11-/m1/s1. The topological polar surface area (TPSA) is 33.0 Å². The highest BCUT2D eigenvalue weighted by atomic mass is 16.5. The minimum Gasteiger partial charge on any atom is -0.378 e. The summed E-state index contributed by atoms with van der Waals surface area (Å²) in [6.45, 7) is 0.920. The van der Waals surface area contributed by atoms with Crippen LogP contribution in [-0.2, 0) is 4.74 Å². The average molecular weight is 177 g/mol. The monoisotopic (exact) mass is 177 g/mol. The van der Waals surface area contributed by atoms with E-state index >= 15 is 0 Å². The molecule has 2 aliphatic rings. The van der Waals surface area contributed by atoms with Crippen molar-refractivity contribution in [2.75, 3.05) is 6.61 Å². The highest BCUT2D eigenvalue weighted by Crippen LogP contribution is 2.30. The van der Waals surface area contributed by atoms with Crippen molar-refractivity contribution in [3.63, 3.8) is 0 Å². The first-order valence-corrected chi connectivity index (χ1v) is 5.09. The number of allylic oxidation sites excluding steroid dienone is 1. The van der Waals surface area contributed by atoms with Crippen LogP contribution in [0, 0.1) is 17.2 Å². The molecule has 0 aromatic carbocycles. The quantitative estimate of drug-likeness (QED) is 0.663. The molecule has 0 spiro atoms. The van der Waals surface area contributed by atoms with Crippen LogP contribution < -0.4 is 0 Å². The largest absolute Gasteiger partial charge is 0.378 e. The van der Waals surface area contributed by atoms with Crippen molar-refractivity contribution in [1.82, 2.24) is 0 Å². The van der Waals surface area contributed by atoms with Gasteiger partial charge in [0.15, 0.2) is 0 Å². The van der Waals surface area contributed by atoms with Gasteiger partial charge in [-0.3, -0.25) is 0 Å². The maximum Gasteiger partial charge on any atom is 0.0944 e. The second kappa shape index (κ2) is 3.93. The zero-order valence-corrected chi connectivity index (χ0v) is 7.83. The Morgan fingerprint density at radius 1 is 1.46 bits per heavy atom. The fourth-order valence-corrected chi connectivity index (χ4v) is 1.66.